The summed E-state index contributed by atoms with van der Waals surface area (Å²) in [6.07, 6.45) is -3.68. The molecule has 0 aromatic heterocycles. The van der Waals surface area contributed by atoms with Crippen molar-refractivity contribution in [3.8, 4) is 11.5 Å². The van der Waals surface area contributed by atoms with Gasteiger partial charge in [-0.25, -0.2) is 4.79 Å². The highest BCUT2D eigenvalue weighted by atomic mass is 16.7. The van der Waals surface area contributed by atoms with Gasteiger partial charge < -0.3 is 28.4 Å². The van der Waals surface area contributed by atoms with Gasteiger partial charge in [0.2, 0.25) is 0 Å². The zero-order valence-electron chi connectivity index (χ0n) is 23.3. The molecule has 43 heavy (non-hydrogen) atoms. The SMILES string of the molecule is CC(=O)OC[C@H]1C[C@@H](Oc2ccc(COC(=O)Oc3ccc([N+](=O)[O-])cc3)cc2[N+](=O)[O-])C[C@@H](OC(C)=O)[C@H]1OC(C)=O. The number of carbonyl (C=O) groups is 4. The van der Waals surface area contributed by atoms with Gasteiger partial charge in [-0.3, -0.25) is 34.6 Å². The number of hydrogen-bond donors (Lipinski definition) is 0. The Morgan fingerprint density at radius 2 is 1.51 bits per heavy atom. The van der Waals surface area contributed by atoms with Crippen LogP contribution in [0.3, 0.4) is 0 Å². The fourth-order valence-corrected chi connectivity index (χ4v) is 4.42. The largest absolute Gasteiger partial charge is 0.514 e. The van der Waals surface area contributed by atoms with Crippen LogP contribution in [0, 0.1) is 26.1 Å². The summed E-state index contributed by atoms with van der Waals surface area (Å²) in [5.41, 5.74) is -0.425. The number of hydrogen-bond acceptors (Lipinski definition) is 14. The Morgan fingerprint density at radius 1 is 0.837 bits per heavy atom. The fourth-order valence-electron chi connectivity index (χ4n) is 4.42. The second-order valence-electron chi connectivity index (χ2n) is 9.45. The van der Waals surface area contributed by atoms with Crippen LogP contribution in [0.15, 0.2) is 42.5 Å². The molecule has 0 aliphatic heterocycles. The Morgan fingerprint density at radius 3 is 2.09 bits per heavy atom. The van der Waals surface area contributed by atoms with Gasteiger partial charge in [-0.1, -0.05) is 6.07 Å². The number of non-ortho nitro benzene ring substituents is 1. The van der Waals surface area contributed by atoms with E-state index in [9.17, 15) is 39.4 Å². The Bertz CT molecular complexity index is 1380. The lowest BCUT2D eigenvalue weighted by molar-refractivity contribution is -0.386. The molecule has 2 aromatic rings. The van der Waals surface area contributed by atoms with Gasteiger partial charge >= 0.3 is 29.8 Å². The van der Waals surface area contributed by atoms with Gasteiger partial charge in [0.15, 0.2) is 5.75 Å². The highest BCUT2D eigenvalue weighted by Gasteiger charge is 2.44. The molecule has 0 spiro atoms. The van der Waals surface area contributed by atoms with E-state index in [4.69, 9.17) is 28.4 Å². The number of carbonyl (C=O) groups excluding carboxylic acids is 4. The maximum Gasteiger partial charge on any atom is 0.514 e. The second-order valence-corrected chi connectivity index (χ2v) is 9.45. The van der Waals surface area contributed by atoms with Crippen LogP contribution in [-0.4, -0.2) is 58.8 Å². The van der Waals surface area contributed by atoms with Gasteiger partial charge in [0.25, 0.3) is 5.69 Å². The summed E-state index contributed by atoms with van der Waals surface area (Å²) in [6, 6.07) is 8.56. The smallest absolute Gasteiger partial charge is 0.483 e. The van der Waals surface area contributed by atoms with Crippen LogP contribution in [0.4, 0.5) is 16.2 Å². The molecule has 0 saturated heterocycles. The first-order chi connectivity index (χ1) is 20.3. The normalized spacial score (nSPS) is 19.3. The van der Waals surface area contributed by atoms with Crippen molar-refractivity contribution in [3.63, 3.8) is 0 Å². The minimum atomic E-state index is -1.14. The average Bonchev–Trinajstić information content (AvgIpc) is 2.92. The Balaban J connectivity index is 1.72. The van der Waals surface area contributed by atoms with E-state index in [-0.39, 0.29) is 42.2 Å². The Hall–Kier alpha value is -5.28. The molecule has 0 N–H and O–H groups in total. The molecule has 0 heterocycles. The van der Waals surface area contributed by atoms with Crippen molar-refractivity contribution in [2.45, 2.75) is 58.5 Å². The van der Waals surface area contributed by atoms with Gasteiger partial charge in [-0.05, 0) is 30.2 Å². The molecule has 0 bridgehead atoms. The minimum absolute atomic E-state index is 0.00665. The Labute approximate surface area is 244 Å². The van der Waals surface area contributed by atoms with Crippen LogP contribution in [0.1, 0.15) is 39.2 Å². The predicted molar refractivity (Wildman–Crippen MR) is 142 cm³/mol. The van der Waals surface area contributed by atoms with Crippen LogP contribution >= 0.6 is 0 Å². The molecule has 230 valence electrons. The summed E-state index contributed by atoms with van der Waals surface area (Å²) in [6.45, 7) is 2.97. The third kappa shape index (κ3) is 9.65. The molecule has 1 fully saturated rings. The molecule has 2 aromatic carbocycles. The van der Waals surface area contributed by atoms with Crippen LogP contribution in [0.25, 0.3) is 0 Å². The number of nitro groups is 2. The van der Waals surface area contributed by atoms with E-state index < -0.39 is 70.4 Å². The van der Waals surface area contributed by atoms with Gasteiger partial charge in [0, 0.05) is 51.3 Å². The number of nitrogens with zero attached hydrogens (tertiary/aromatic N) is 2. The van der Waals surface area contributed by atoms with Crippen molar-refractivity contribution < 1.29 is 57.4 Å². The summed E-state index contributed by atoms with van der Waals surface area (Å²) in [5.74, 6) is -2.67. The summed E-state index contributed by atoms with van der Waals surface area (Å²) in [4.78, 5) is 68.3. The van der Waals surface area contributed by atoms with E-state index >= 15 is 0 Å². The van der Waals surface area contributed by atoms with Gasteiger partial charge in [0.1, 0.15) is 30.7 Å². The third-order valence-corrected chi connectivity index (χ3v) is 6.13. The van der Waals surface area contributed by atoms with E-state index in [0.29, 0.717) is 0 Å². The lowest BCUT2D eigenvalue weighted by atomic mass is 9.82. The van der Waals surface area contributed by atoms with E-state index in [2.05, 4.69) is 0 Å². The monoisotopic (exact) mass is 604 g/mol. The Kier molecular flexibility index (Phi) is 10.9. The van der Waals surface area contributed by atoms with Crippen LogP contribution in [-0.2, 0) is 39.9 Å². The summed E-state index contributed by atoms with van der Waals surface area (Å²) >= 11 is 0. The zero-order valence-corrected chi connectivity index (χ0v) is 23.3. The number of benzene rings is 2. The molecule has 3 rings (SSSR count). The highest BCUT2D eigenvalue weighted by molar-refractivity contribution is 5.68. The topological polar surface area (TPSA) is 210 Å². The molecule has 16 heteroatoms. The first-order valence-corrected chi connectivity index (χ1v) is 12.8. The minimum Gasteiger partial charge on any atom is -0.483 e. The van der Waals surface area contributed by atoms with E-state index in [1.807, 2.05) is 0 Å². The van der Waals surface area contributed by atoms with Crippen LogP contribution < -0.4 is 9.47 Å². The lowest BCUT2D eigenvalue weighted by Crippen LogP contribution is -2.50. The van der Waals surface area contributed by atoms with Crippen molar-refractivity contribution >= 4 is 35.4 Å². The quantitative estimate of drug-likeness (QED) is 0.117. The molecular weight excluding hydrogens is 576 g/mol. The van der Waals surface area contributed by atoms with Crippen molar-refractivity contribution in [1.82, 2.24) is 0 Å². The molecule has 4 atom stereocenters. The summed E-state index contributed by atoms with van der Waals surface area (Å²) < 4.78 is 31.7. The second kappa shape index (κ2) is 14.6. The molecule has 16 nitrogen and oxygen atoms in total. The molecule has 1 aliphatic rings. The summed E-state index contributed by atoms with van der Waals surface area (Å²) in [7, 11) is 0. The number of rotatable bonds is 11. The average molecular weight is 605 g/mol. The number of ether oxygens (including phenoxy) is 6. The van der Waals surface area contributed by atoms with E-state index in [1.54, 1.807) is 0 Å². The standard InChI is InChI=1S/C27H28N2O14/c1-15(30)38-14-19-11-22(12-25(40-16(2)31)26(19)41-17(3)32)42-24-9-4-18(10-23(24)29(36)37)13-39-27(33)43-21-7-5-20(6-8-21)28(34)35/h4-10,19,22,25-26H,11-14H2,1-3H3/t19-,22-,25-,26+/m1/s1. The molecule has 1 saturated carbocycles. The predicted octanol–water partition coefficient (Wildman–Crippen LogP) is 3.80. The molecule has 0 amide bonds. The van der Waals surface area contributed by atoms with Crippen molar-refractivity contribution in [1.29, 1.82) is 0 Å². The number of nitro benzene ring substituents is 2. The van der Waals surface area contributed by atoms with Crippen LogP contribution in [0.5, 0.6) is 11.5 Å². The maximum atomic E-state index is 12.0. The fraction of sp³-hybridized carbons (Fsp3) is 0.407. The molecule has 1 aliphatic carbocycles. The van der Waals surface area contributed by atoms with Crippen molar-refractivity contribution in [3.05, 3.63) is 68.3 Å². The number of esters is 3. The first-order valence-electron chi connectivity index (χ1n) is 12.8. The van der Waals surface area contributed by atoms with Gasteiger partial charge in [-0.15, -0.1) is 0 Å². The van der Waals surface area contributed by atoms with Gasteiger partial charge in [0.05, 0.1) is 16.5 Å². The third-order valence-electron chi connectivity index (χ3n) is 6.13. The lowest BCUT2D eigenvalue weighted by Gasteiger charge is -2.39. The molecular formula is C27H28N2O14. The highest BCUT2D eigenvalue weighted by Crippen LogP contribution is 2.36. The van der Waals surface area contributed by atoms with Crippen molar-refractivity contribution in [2.75, 3.05) is 6.61 Å². The zero-order chi connectivity index (χ0) is 31.7. The van der Waals surface area contributed by atoms with Gasteiger partial charge in [-0.2, -0.15) is 0 Å². The van der Waals surface area contributed by atoms with Crippen molar-refractivity contribution in [2.24, 2.45) is 5.92 Å². The van der Waals surface area contributed by atoms with E-state index in [1.165, 1.54) is 45.0 Å². The molecule has 0 unspecified atom stereocenters. The van der Waals surface area contributed by atoms with E-state index in [0.717, 1.165) is 18.2 Å². The maximum absolute atomic E-state index is 12.0. The molecule has 0 radical (unpaired) electrons. The van der Waals surface area contributed by atoms with Crippen LogP contribution in [0.2, 0.25) is 0 Å². The summed E-state index contributed by atoms with van der Waals surface area (Å²) in [5, 5.41) is 22.6. The first kappa shape index (κ1) is 32.2.